The molecule has 3 heterocycles. The summed E-state index contributed by atoms with van der Waals surface area (Å²) in [4.78, 5) is 2.49. The zero-order valence-corrected chi connectivity index (χ0v) is 33.6. The second kappa shape index (κ2) is 20.2. The van der Waals surface area contributed by atoms with Gasteiger partial charge in [-0.3, -0.25) is 4.90 Å². The van der Waals surface area contributed by atoms with Crippen molar-refractivity contribution in [3.05, 3.63) is 23.3 Å². The highest BCUT2D eigenvalue weighted by atomic mass is 16.7. The van der Waals surface area contributed by atoms with Crippen LogP contribution >= 0.6 is 0 Å². The molecule has 0 radical (unpaired) electrons. The highest BCUT2D eigenvalue weighted by Crippen LogP contribution is 2.40. The maximum atomic E-state index is 12.1. The Hall–Kier alpha value is -0.880. The Kier molecular flexibility index (Phi) is 16.9. The smallest absolute Gasteiger partial charge is 0.169 e. The van der Waals surface area contributed by atoms with Crippen molar-refractivity contribution in [2.75, 3.05) is 41.0 Å². The van der Waals surface area contributed by atoms with Gasteiger partial charge < -0.3 is 39.0 Å². The predicted octanol–water partition coefficient (Wildman–Crippen LogP) is 6.67. The molecule has 14 atom stereocenters. The Morgan fingerprint density at radius 3 is 2.25 bits per heavy atom. The minimum Gasteiger partial charge on any atom is -0.393 e. The van der Waals surface area contributed by atoms with E-state index < -0.39 is 18.0 Å². The maximum absolute atomic E-state index is 12.1. The summed E-state index contributed by atoms with van der Waals surface area (Å²) in [7, 11) is 5.18. The lowest BCUT2D eigenvalue weighted by Gasteiger charge is -2.48. The van der Waals surface area contributed by atoms with Crippen LogP contribution in [0.2, 0.25) is 0 Å². The van der Waals surface area contributed by atoms with Crippen LogP contribution in [0.1, 0.15) is 119 Å². The van der Waals surface area contributed by atoms with E-state index in [-0.39, 0.29) is 48.4 Å². The van der Waals surface area contributed by atoms with Gasteiger partial charge in [0, 0.05) is 52.2 Å². The van der Waals surface area contributed by atoms with E-state index in [1.807, 2.05) is 0 Å². The molecule has 51 heavy (non-hydrogen) atoms. The van der Waals surface area contributed by atoms with Gasteiger partial charge in [0.1, 0.15) is 6.10 Å². The van der Waals surface area contributed by atoms with Crippen LogP contribution in [-0.2, 0) is 23.7 Å². The molecule has 9 heteroatoms. The summed E-state index contributed by atoms with van der Waals surface area (Å²) >= 11 is 0. The largest absolute Gasteiger partial charge is 0.393 e. The Labute approximate surface area is 310 Å². The molecule has 1 aliphatic carbocycles. The average molecular weight is 722 g/mol. The van der Waals surface area contributed by atoms with E-state index >= 15 is 0 Å². The van der Waals surface area contributed by atoms with E-state index in [1.54, 1.807) is 21.3 Å². The zero-order chi connectivity index (χ0) is 37.3. The molecular formula is C42H75NO8. The number of nitrogens with zero attached hydrogens (tertiary/aromatic N) is 1. The number of fused-ring (bicyclic) bond motifs is 3. The fourth-order valence-corrected chi connectivity index (χ4v) is 9.65. The first-order valence-corrected chi connectivity index (χ1v) is 20.3. The third kappa shape index (κ3) is 11.8. The van der Waals surface area contributed by atoms with Gasteiger partial charge in [-0.2, -0.15) is 0 Å². The number of methoxy groups -OCH3 is 3. The van der Waals surface area contributed by atoms with Gasteiger partial charge >= 0.3 is 0 Å². The van der Waals surface area contributed by atoms with Gasteiger partial charge in [0.15, 0.2) is 5.79 Å². The van der Waals surface area contributed by atoms with Crippen LogP contribution in [0.25, 0.3) is 0 Å². The van der Waals surface area contributed by atoms with Crippen molar-refractivity contribution in [3.63, 3.8) is 0 Å². The summed E-state index contributed by atoms with van der Waals surface area (Å²) < 4.78 is 31.3. The average Bonchev–Trinajstić information content (AvgIpc) is 3.10. The normalized spacial score (nSPS) is 44.8. The van der Waals surface area contributed by atoms with Crippen molar-refractivity contribution in [2.24, 2.45) is 29.6 Å². The third-order valence-corrected chi connectivity index (χ3v) is 12.9. The first-order valence-electron chi connectivity index (χ1n) is 20.3. The number of piperidine rings is 1. The Morgan fingerprint density at radius 2 is 1.55 bits per heavy atom. The number of allylic oxidation sites excluding steroid dienone is 3. The molecule has 1 saturated carbocycles. The Morgan fingerprint density at radius 1 is 0.863 bits per heavy atom. The maximum Gasteiger partial charge on any atom is 0.169 e. The lowest BCUT2D eigenvalue weighted by atomic mass is 9.82. The fraction of sp³-hybridized carbons (Fsp3) is 0.905. The minimum atomic E-state index is -1.28. The monoisotopic (exact) mass is 722 g/mol. The van der Waals surface area contributed by atoms with Crippen molar-refractivity contribution in [2.45, 2.75) is 173 Å². The molecule has 2 bridgehead atoms. The molecule has 3 N–H and O–H groups in total. The van der Waals surface area contributed by atoms with Crippen LogP contribution in [0.3, 0.4) is 0 Å². The van der Waals surface area contributed by atoms with E-state index in [0.29, 0.717) is 43.6 Å². The number of rotatable bonds is 5. The lowest BCUT2D eigenvalue weighted by molar-refractivity contribution is -0.324. The van der Waals surface area contributed by atoms with E-state index in [0.717, 1.165) is 76.5 Å². The van der Waals surface area contributed by atoms with Crippen molar-refractivity contribution in [1.29, 1.82) is 0 Å². The quantitative estimate of drug-likeness (QED) is 0.268. The Bertz CT molecular complexity index is 1100. The van der Waals surface area contributed by atoms with E-state index in [9.17, 15) is 15.3 Å². The molecular weight excluding hydrogens is 646 g/mol. The molecule has 0 aromatic rings. The highest BCUT2D eigenvalue weighted by Gasteiger charge is 2.49. The first-order chi connectivity index (χ1) is 24.3. The number of aliphatic hydroxyl groups is 3. The van der Waals surface area contributed by atoms with Gasteiger partial charge in [-0.05, 0) is 108 Å². The number of ether oxygens (including phenoxy) is 5. The number of aliphatic hydroxyl groups excluding tert-OH is 2. The second-order valence-corrected chi connectivity index (χ2v) is 17.2. The molecule has 0 aromatic carbocycles. The molecule has 296 valence electrons. The Balaban J connectivity index is 1.61. The first kappa shape index (κ1) is 42.9. The second-order valence-electron chi connectivity index (χ2n) is 17.2. The summed E-state index contributed by atoms with van der Waals surface area (Å²) in [5.41, 5.74) is 2.50. The predicted molar refractivity (Wildman–Crippen MR) is 202 cm³/mol. The van der Waals surface area contributed by atoms with Crippen LogP contribution in [0.4, 0.5) is 0 Å². The standard InChI is InChI=1S/C42H75NO8/c1-27-13-15-35(44)32(6)40(30(4)23-33-14-16-36(45)37(25-33)47-7)50-26-34-12-10-11-18-43(34)19-17-42(46)31(5)24-39(49-9)41(51-42)38(48-8)22-29(3)21-28(2)20-27/h20,23,27,29,31-41,44-46H,10-19,21-22,24-26H2,1-9H3/b28-20-,30-23+. The summed E-state index contributed by atoms with van der Waals surface area (Å²) in [5.74, 6) is -0.435. The molecule has 0 amide bonds. The number of hydrogen-bond acceptors (Lipinski definition) is 9. The minimum absolute atomic E-state index is 0.0778. The van der Waals surface area contributed by atoms with Gasteiger partial charge in [-0.1, -0.05) is 51.8 Å². The molecule has 3 fully saturated rings. The summed E-state index contributed by atoms with van der Waals surface area (Å²) in [6.45, 7) is 15.4. The topological polar surface area (TPSA) is 110 Å². The third-order valence-electron chi connectivity index (χ3n) is 12.9. The summed E-state index contributed by atoms with van der Waals surface area (Å²) in [6.07, 6.45) is 13.1. The zero-order valence-electron chi connectivity index (χ0n) is 33.6. The van der Waals surface area contributed by atoms with E-state index in [4.69, 9.17) is 23.7 Å². The fourth-order valence-electron chi connectivity index (χ4n) is 9.65. The van der Waals surface area contributed by atoms with Gasteiger partial charge in [0.2, 0.25) is 0 Å². The molecule has 14 unspecified atom stereocenters. The van der Waals surface area contributed by atoms with Crippen molar-refractivity contribution >= 4 is 0 Å². The van der Waals surface area contributed by atoms with Gasteiger partial charge in [0.05, 0.1) is 43.2 Å². The van der Waals surface area contributed by atoms with Crippen LogP contribution < -0.4 is 0 Å². The van der Waals surface area contributed by atoms with Crippen molar-refractivity contribution < 1.29 is 39.0 Å². The van der Waals surface area contributed by atoms with Crippen LogP contribution in [0, 0.1) is 29.6 Å². The molecule has 9 nitrogen and oxygen atoms in total. The molecule has 4 rings (SSSR count). The van der Waals surface area contributed by atoms with Crippen LogP contribution in [0.15, 0.2) is 23.3 Å². The van der Waals surface area contributed by atoms with Crippen molar-refractivity contribution in [1.82, 2.24) is 4.90 Å². The van der Waals surface area contributed by atoms with Gasteiger partial charge in [0.25, 0.3) is 0 Å². The highest BCUT2D eigenvalue weighted by molar-refractivity contribution is 5.11. The lowest BCUT2D eigenvalue weighted by Crippen LogP contribution is -2.58. The van der Waals surface area contributed by atoms with Gasteiger partial charge in [-0.25, -0.2) is 0 Å². The van der Waals surface area contributed by atoms with Gasteiger partial charge in [-0.15, -0.1) is 0 Å². The molecule has 3 aliphatic heterocycles. The molecule has 2 saturated heterocycles. The van der Waals surface area contributed by atoms with E-state index in [2.05, 4.69) is 58.6 Å². The SMILES string of the molecule is COC1CC(/C=C(\C)C2OCC3CCCCN3CCC3(O)OC(C(OC)CC(C)C/C(C)=C\C(C)CCC(O)C2C)C(OC)CC3C)CCC1O. The molecule has 0 spiro atoms. The van der Waals surface area contributed by atoms with E-state index in [1.165, 1.54) is 5.57 Å². The summed E-state index contributed by atoms with van der Waals surface area (Å²) in [6, 6.07) is 0.223. The van der Waals surface area contributed by atoms with Crippen LogP contribution in [0.5, 0.6) is 0 Å². The van der Waals surface area contributed by atoms with Crippen molar-refractivity contribution in [3.8, 4) is 0 Å². The summed E-state index contributed by atoms with van der Waals surface area (Å²) in [5, 5.41) is 34.2. The molecule has 4 aliphatic rings. The number of hydrogen-bond donors (Lipinski definition) is 3. The van der Waals surface area contributed by atoms with Crippen LogP contribution in [-0.4, -0.2) is 116 Å². The molecule has 0 aromatic heterocycles.